The van der Waals surface area contributed by atoms with Crippen LogP contribution in [0.5, 0.6) is 11.5 Å². The van der Waals surface area contributed by atoms with E-state index < -0.39 is 12.0 Å². The number of benzene rings is 6. The monoisotopic (exact) mass is 740 g/mol. The summed E-state index contributed by atoms with van der Waals surface area (Å²) in [5, 5.41) is 0. The molecule has 0 fully saturated rings. The molecule has 8 rings (SSSR count). The van der Waals surface area contributed by atoms with Crippen LogP contribution in [0.2, 0.25) is 0 Å². The van der Waals surface area contributed by atoms with E-state index in [4.69, 9.17) is 24.2 Å². The first-order valence-electron chi connectivity index (χ1n) is 19.4. The summed E-state index contributed by atoms with van der Waals surface area (Å²) in [7, 11) is 0. The second-order valence-electron chi connectivity index (χ2n) is 13.9. The summed E-state index contributed by atoms with van der Waals surface area (Å²) in [4.78, 5) is 10.0. The Balaban J connectivity index is 1.28. The van der Waals surface area contributed by atoms with Gasteiger partial charge in [0.25, 0.3) is 13.4 Å². The minimum Gasteiger partial charge on any atom is -0.489 e. The Bertz CT molecular complexity index is 2240. The van der Waals surface area contributed by atoms with Gasteiger partial charge < -0.3 is 14.2 Å². The van der Waals surface area contributed by atoms with Crippen molar-refractivity contribution >= 4 is 35.5 Å². The molecule has 6 aromatic carbocycles. The van der Waals surface area contributed by atoms with Crippen molar-refractivity contribution in [1.82, 2.24) is 9.97 Å². The first kappa shape index (κ1) is 37.2. The second-order valence-corrected chi connectivity index (χ2v) is 13.9. The molecule has 7 heteroatoms. The minimum atomic E-state index is -0.517. The van der Waals surface area contributed by atoms with Crippen LogP contribution in [0.3, 0.4) is 0 Å². The highest BCUT2D eigenvalue weighted by Gasteiger charge is 2.42. The van der Waals surface area contributed by atoms with Crippen molar-refractivity contribution in [2.24, 2.45) is 0 Å². The van der Waals surface area contributed by atoms with E-state index in [0.717, 1.165) is 55.9 Å². The Morgan fingerprint density at radius 2 is 0.719 bits per heavy atom. The van der Waals surface area contributed by atoms with Crippen molar-refractivity contribution in [3.63, 3.8) is 0 Å². The molecule has 0 bridgehead atoms. The number of hydrogen-bond acceptors (Lipinski definition) is 5. The Hall–Kier alpha value is -6.69. The molecule has 2 atom stereocenters. The van der Waals surface area contributed by atoms with Crippen LogP contribution in [-0.2, 0) is 18.0 Å². The normalized spacial score (nSPS) is 11.9. The minimum absolute atomic E-state index is 0.360. The van der Waals surface area contributed by atoms with Gasteiger partial charge >= 0.3 is 0 Å². The summed E-state index contributed by atoms with van der Waals surface area (Å²) in [5.41, 5.74) is 7.91. The van der Waals surface area contributed by atoms with Crippen molar-refractivity contribution in [2.75, 3.05) is 0 Å². The van der Waals surface area contributed by atoms with E-state index in [9.17, 15) is 0 Å². The standard InChI is InChI=1S/C50H42B2N2O3/c1-5-21-39(22-6-1)37-55-45-31-15-13-29-43(45)51(47-33-17-19-35-53-47)49(41-25-9-3-10-26-41)57-50(42-27-11-4-12-28-42)52(48-34-18-20-36-54-48)44-30-14-16-32-46(44)56-38-40-23-7-2-8-24-40/h1-36,49-50H,37-38H2. The van der Waals surface area contributed by atoms with Gasteiger partial charge in [-0.05, 0) is 69.6 Å². The quantitative estimate of drug-likeness (QED) is 0.0938. The lowest BCUT2D eigenvalue weighted by Gasteiger charge is -2.34. The number of rotatable bonds is 16. The fourth-order valence-corrected chi connectivity index (χ4v) is 7.43. The van der Waals surface area contributed by atoms with Crippen LogP contribution in [0.4, 0.5) is 0 Å². The topological polar surface area (TPSA) is 53.5 Å². The van der Waals surface area contributed by atoms with Gasteiger partial charge in [-0.15, -0.1) is 0 Å². The molecule has 0 saturated heterocycles. The van der Waals surface area contributed by atoms with E-state index in [1.54, 1.807) is 0 Å². The SMILES string of the molecule is c1ccc(COc2ccccc2B(c2ccccn2)C(OC(B(c2ccccn2)c2ccccc2OCc2ccccc2)c2ccccc2)c2ccccc2)cc1. The molecule has 2 heterocycles. The van der Waals surface area contributed by atoms with Gasteiger partial charge in [0.2, 0.25) is 0 Å². The van der Waals surface area contributed by atoms with Crippen molar-refractivity contribution in [3.8, 4) is 11.5 Å². The molecule has 57 heavy (non-hydrogen) atoms. The zero-order chi connectivity index (χ0) is 38.5. The van der Waals surface area contributed by atoms with Crippen LogP contribution in [-0.4, -0.2) is 23.4 Å². The van der Waals surface area contributed by atoms with Crippen molar-refractivity contribution in [2.45, 2.75) is 25.2 Å². The third-order valence-electron chi connectivity index (χ3n) is 10.2. The number of pyridine rings is 2. The molecule has 0 N–H and O–H groups in total. The van der Waals surface area contributed by atoms with Crippen molar-refractivity contribution < 1.29 is 14.2 Å². The van der Waals surface area contributed by atoms with Gasteiger partial charge in [0.15, 0.2) is 0 Å². The van der Waals surface area contributed by atoms with E-state index in [2.05, 4.69) is 109 Å². The molecule has 0 radical (unpaired) electrons. The summed E-state index contributed by atoms with van der Waals surface area (Å²) in [5.74, 6) is 1.55. The first-order valence-corrected chi connectivity index (χ1v) is 19.4. The van der Waals surface area contributed by atoms with Crippen molar-refractivity contribution in [3.05, 3.63) is 241 Å². The fraction of sp³-hybridized carbons (Fsp3) is 0.0800. The van der Waals surface area contributed by atoms with Crippen LogP contribution in [0.1, 0.15) is 34.3 Å². The van der Waals surface area contributed by atoms with Gasteiger partial charge in [-0.1, -0.05) is 170 Å². The summed E-state index contributed by atoms with van der Waals surface area (Å²) in [6, 6.07) is 69.1. The predicted molar refractivity (Wildman–Crippen MR) is 232 cm³/mol. The maximum absolute atomic E-state index is 7.81. The molecule has 0 aliphatic rings. The van der Waals surface area contributed by atoms with Crippen LogP contribution in [0, 0.1) is 0 Å². The first-order chi connectivity index (χ1) is 28.3. The van der Waals surface area contributed by atoms with Gasteiger partial charge in [0, 0.05) is 23.6 Å². The summed E-state index contributed by atoms with van der Waals surface area (Å²) >= 11 is 0. The van der Waals surface area contributed by atoms with Gasteiger partial charge in [-0.2, -0.15) is 0 Å². The van der Waals surface area contributed by atoms with E-state index in [0.29, 0.717) is 13.2 Å². The molecular formula is C50H42B2N2O3. The highest BCUT2D eigenvalue weighted by atomic mass is 16.5. The molecule has 8 aromatic rings. The Morgan fingerprint density at radius 1 is 0.368 bits per heavy atom. The maximum atomic E-state index is 7.81. The molecule has 0 amide bonds. The largest absolute Gasteiger partial charge is 0.489 e. The van der Waals surface area contributed by atoms with Gasteiger partial charge in [-0.3, -0.25) is 9.97 Å². The summed E-state index contributed by atoms with van der Waals surface area (Å²) < 4.78 is 21.1. The van der Waals surface area contributed by atoms with E-state index in [1.807, 2.05) is 109 Å². The predicted octanol–water partition coefficient (Wildman–Crippen LogP) is 8.13. The second kappa shape index (κ2) is 18.8. The van der Waals surface area contributed by atoms with Crippen LogP contribution in [0.15, 0.2) is 219 Å². The molecule has 2 aromatic heterocycles. The van der Waals surface area contributed by atoms with Gasteiger partial charge in [0.05, 0.1) is 12.0 Å². The zero-order valence-electron chi connectivity index (χ0n) is 31.6. The molecule has 5 nitrogen and oxygen atoms in total. The lowest BCUT2D eigenvalue weighted by atomic mass is 9.35. The van der Waals surface area contributed by atoms with E-state index >= 15 is 0 Å². The van der Waals surface area contributed by atoms with Gasteiger partial charge in [-0.25, -0.2) is 0 Å². The lowest BCUT2D eigenvalue weighted by Crippen LogP contribution is -2.54. The maximum Gasteiger partial charge on any atom is 0.275 e. The van der Waals surface area contributed by atoms with Crippen molar-refractivity contribution in [1.29, 1.82) is 0 Å². The molecule has 0 aliphatic carbocycles. The molecule has 0 aliphatic heterocycles. The molecule has 276 valence electrons. The number of ether oxygens (including phenoxy) is 3. The van der Waals surface area contributed by atoms with Gasteiger partial charge in [0.1, 0.15) is 24.7 Å². The molecule has 0 saturated carbocycles. The third kappa shape index (κ3) is 9.24. The average Bonchev–Trinajstić information content (AvgIpc) is 3.29. The fourth-order valence-electron chi connectivity index (χ4n) is 7.43. The third-order valence-corrected chi connectivity index (χ3v) is 10.2. The van der Waals surface area contributed by atoms with E-state index in [1.165, 1.54) is 0 Å². The van der Waals surface area contributed by atoms with Crippen LogP contribution < -0.4 is 31.6 Å². The highest BCUT2D eigenvalue weighted by molar-refractivity contribution is 6.87. The van der Waals surface area contributed by atoms with E-state index in [-0.39, 0.29) is 13.4 Å². The Morgan fingerprint density at radius 3 is 1.11 bits per heavy atom. The summed E-state index contributed by atoms with van der Waals surface area (Å²) in [6.07, 6.45) is 3.70. The molecule has 0 spiro atoms. The number of aromatic nitrogens is 2. The average molecular weight is 741 g/mol. The smallest absolute Gasteiger partial charge is 0.275 e. The molecule has 2 unspecified atom stereocenters. The van der Waals surface area contributed by atoms with Crippen LogP contribution >= 0.6 is 0 Å². The Labute approximate surface area is 336 Å². The Kier molecular flexibility index (Phi) is 12.3. The number of nitrogens with zero attached hydrogens (tertiary/aromatic N) is 2. The van der Waals surface area contributed by atoms with Crippen LogP contribution in [0.25, 0.3) is 0 Å². The number of para-hydroxylation sites is 2. The lowest BCUT2D eigenvalue weighted by molar-refractivity contribution is 0.0746. The highest BCUT2D eigenvalue weighted by Crippen LogP contribution is 2.33. The molecular weight excluding hydrogens is 698 g/mol. The zero-order valence-corrected chi connectivity index (χ0v) is 31.6. The number of hydrogen-bond donors (Lipinski definition) is 0. The summed E-state index contributed by atoms with van der Waals surface area (Å²) in [6.45, 7) is 0.136.